The molecule has 1 aromatic carbocycles. The average molecular weight is 425 g/mol. The van der Waals surface area contributed by atoms with Gasteiger partial charge in [0, 0.05) is 30.3 Å². The van der Waals surface area contributed by atoms with Crippen molar-refractivity contribution in [3.8, 4) is 5.69 Å². The van der Waals surface area contributed by atoms with Crippen LogP contribution in [0.15, 0.2) is 67.0 Å². The van der Waals surface area contributed by atoms with E-state index in [-0.39, 0.29) is 30.3 Å². The van der Waals surface area contributed by atoms with Crippen LogP contribution in [0.1, 0.15) is 29.9 Å². The van der Waals surface area contributed by atoms with E-state index in [0.29, 0.717) is 11.7 Å². The number of carbonyl (C=O) groups excluding carboxylic acids is 1. The lowest BCUT2D eigenvalue weighted by atomic mass is 10.0. The van der Waals surface area contributed by atoms with Crippen molar-refractivity contribution < 1.29 is 13.9 Å². The first-order valence-electron chi connectivity index (χ1n) is 9.56. The van der Waals surface area contributed by atoms with E-state index in [1.807, 2.05) is 46.0 Å². The Hall–Kier alpha value is -3.26. The standard InChI is InChI=1S/C22H21FN4O2S/c1-29-19(28)11-14-27-21(20(25-22(27)30)17-5-2-3-12-24-17)18-6-4-13-26(18)16-9-7-15(23)8-10-16/h2-10,12-13,20-21H,11,14H2,1H3,(H,25,30)/t20-,21-/m1/s1. The Bertz CT molecular complexity index is 1040. The lowest BCUT2D eigenvalue weighted by Gasteiger charge is -2.28. The normalized spacial score (nSPS) is 18.3. The molecule has 1 aliphatic rings. The lowest BCUT2D eigenvalue weighted by molar-refractivity contribution is -0.140. The number of halogens is 1. The highest BCUT2D eigenvalue weighted by molar-refractivity contribution is 7.80. The largest absolute Gasteiger partial charge is 0.469 e. The lowest BCUT2D eigenvalue weighted by Crippen LogP contribution is -2.32. The minimum atomic E-state index is -0.299. The van der Waals surface area contributed by atoms with E-state index in [1.54, 1.807) is 18.3 Å². The highest BCUT2D eigenvalue weighted by atomic mass is 32.1. The molecule has 0 saturated carbocycles. The predicted octanol–water partition coefficient (Wildman–Crippen LogP) is 3.55. The number of hydrogen-bond acceptors (Lipinski definition) is 4. The molecule has 0 unspecified atom stereocenters. The number of thiocarbonyl (C=S) groups is 1. The van der Waals surface area contributed by atoms with E-state index < -0.39 is 0 Å². The van der Waals surface area contributed by atoms with Gasteiger partial charge in [-0.25, -0.2) is 4.39 Å². The van der Waals surface area contributed by atoms with Crippen LogP contribution < -0.4 is 5.32 Å². The monoisotopic (exact) mass is 424 g/mol. The van der Waals surface area contributed by atoms with Crippen molar-refractivity contribution in [3.63, 3.8) is 0 Å². The fourth-order valence-corrected chi connectivity index (χ4v) is 4.09. The zero-order valence-electron chi connectivity index (χ0n) is 16.4. The molecule has 1 fully saturated rings. The van der Waals surface area contributed by atoms with E-state index in [4.69, 9.17) is 17.0 Å². The van der Waals surface area contributed by atoms with E-state index in [1.165, 1.54) is 19.2 Å². The Morgan fingerprint density at radius 1 is 1.20 bits per heavy atom. The van der Waals surface area contributed by atoms with Gasteiger partial charge in [0.2, 0.25) is 0 Å². The first-order valence-corrected chi connectivity index (χ1v) is 9.97. The maximum absolute atomic E-state index is 13.4. The van der Waals surface area contributed by atoms with Crippen LogP contribution in [0.4, 0.5) is 4.39 Å². The van der Waals surface area contributed by atoms with Crippen molar-refractivity contribution in [2.75, 3.05) is 13.7 Å². The van der Waals surface area contributed by atoms with Crippen LogP contribution in [0.5, 0.6) is 0 Å². The molecule has 3 aromatic rings. The number of nitrogens with one attached hydrogen (secondary N) is 1. The van der Waals surface area contributed by atoms with Gasteiger partial charge in [0.25, 0.3) is 0 Å². The van der Waals surface area contributed by atoms with Crippen LogP contribution in [0.2, 0.25) is 0 Å². The molecule has 0 bridgehead atoms. The van der Waals surface area contributed by atoms with Crippen molar-refractivity contribution in [2.45, 2.75) is 18.5 Å². The number of hydrogen-bond donors (Lipinski definition) is 1. The minimum Gasteiger partial charge on any atom is -0.469 e. The Balaban J connectivity index is 1.75. The smallest absolute Gasteiger partial charge is 0.307 e. The van der Waals surface area contributed by atoms with Crippen LogP contribution in [0.3, 0.4) is 0 Å². The minimum absolute atomic E-state index is 0.203. The van der Waals surface area contributed by atoms with E-state index in [2.05, 4.69) is 10.3 Å². The summed E-state index contributed by atoms with van der Waals surface area (Å²) in [5.74, 6) is -0.589. The summed E-state index contributed by atoms with van der Waals surface area (Å²) in [5.41, 5.74) is 2.63. The molecule has 2 aromatic heterocycles. The first kappa shape index (κ1) is 20.0. The molecule has 3 heterocycles. The van der Waals surface area contributed by atoms with E-state index in [0.717, 1.165) is 17.1 Å². The third-order valence-electron chi connectivity index (χ3n) is 5.17. The molecule has 6 nitrogen and oxygen atoms in total. The van der Waals surface area contributed by atoms with Crippen LogP contribution >= 0.6 is 12.2 Å². The number of rotatable bonds is 6. The van der Waals surface area contributed by atoms with Crippen LogP contribution in [0.25, 0.3) is 5.69 Å². The van der Waals surface area contributed by atoms with Gasteiger partial charge in [-0.05, 0) is 60.7 Å². The number of methoxy groups -OCH3 is 1. The quantitative estimate of drug-likeness (QED) is 0.483. The average Bonchev–Trinajstić information content (AvgIpc) is 3.37. The fraction of sp³-hybridized carbons (Fsp3) is 0.227. The number of esters is 1. The van der Waals surface area contributed by atoms with Gasteiger partial charge in [-0.2, -0.15) is 0 Å². The van der Waals surface area contributed by atoms with Crippen LogP contribution in [0, 0.1) is 5.82 Å². The Morgan fingerprint density at radius 2 is 2.00 bits per heavy atom. The Labute approximate surface area is 179 Å². The molecule has 0 amide bonds. The number of benzene rings is 1. The van der Waals surface area contributed by atoms with Crippen molar-refractivity contribution in [1.82, 2.24) is 19.8 Å². The summed E-state index contributed by atoms with van der Waals surface area (Å²) >= 11 is 5.61. The molecule has 30 heavy (non-hydrogen) atoms. The van der Waals surface area contributed by atoms with Gasteiger partial charge in [0.15, 0.2) is 5.11 Å². The number of nitrogens with zero attached hydrogens (tertiary/aromatic N) is 3. The predicted molar refractivity (Wildman–Crippen MR) is 115 cm³/mol. The summed E-state index contributed by atoms with van der Waals surface area (Å²) in [6, 6.07) is 15.6. The van der Waals surface area contributed by atoms with Crippen molar-refractivity contribution >= 4 is 23.3 Å². The number of pyridine rings is 1. The van der Waals surface area contributed by atoms with Gasteiger partial charge in [-0.15, -0.1) is 0 Å². The maximum Gasteiger partial charge on any atom is 0.307 e. The molecule has 0 aliphatic carbocycles. The molecular formula is C22H21FN4O2S. The molecule has 0 radical (unpaired) electrons. The molecule has 1 saturated heterocycles. The van der Waals surface area contributed by atoms with Gasteiger partial charge in [-0.3, -0.25) is 9.78 Å². The molecular weight excluding hydrogens is 403 g/mol. The molecule has 0 spiro atoms. The van der Waals surface area contributed by atoms with Gasteiger partial charge in [0.05, 0.1) is 31.3 Å². The topological polar surface area (TPSA) is 59.4 Å². The second kappa shape index (κ2) is 8.62. The SMILES string of the molecule is COC(=O)CCN1C(=S)N[C@H](c2ccccn2)[C@H]1c1cccn1-c1ccc(F)cc1. The second-order valence-electron chi connectivity index (χ2n) is 6.93. The summed E-state index contributed by atoms with van der Waals surface area (Å²) in [7, 11) is 1.37. The first-order chi connectivity index (χ1) is 14.6. The zero-order chi connectivity index (χ0) is 21.1. The third-order valence-corrected chi connectivity index (χ3v) is 5.52. The third kappa shape index (κ3) is 3.91. The van der Waals surface area contributed by atoms with Gasteiger partial charge in [0.1, 0.15) is 5.82 Å². The Kier molecular flexibility index (Phi) is 5.76. The number of ether oxygens (including phenoxy) is 1. The number of aromatic nitrogens is 2. The van der Waals surface area contributed by atoms with Crippen molar-refractivity contribution in [3.05, 3.63) is 84.2 Å². The van der Waals surface area contributed by atoms with Crippen molar-refractivity contribution in [2.24, 2.45) is 0 Å². The zero-order valence-corrected chi connectivity index (χ0v) is 17.2. The summed E-state index contributed by atoms with van der Waals surface area (Å²) in [6.07, 6.45) is 3.88. The second-order valence-corrected chi connectivity index (χ2v) is 7.31. The van der Waals surface area contributed by atoms with Gasteiger partial charge >= 0.3 is 5.97 Å². The van der Waals surface area contributed by atoms with E-state index in [9.17, 15) is 9.18 Å². The highest BCUT2D eigenvalue weighted by Gasteiger charge is 2.41. The molecule has 1 aliphatic heterocycles. The van der Waals surface area contributed by atoms with E-state index >= 15 is 0 Å². The molecule has 4 rings (SSSR count). The molecule has 1 N–H and O–H groups in total. The van der Waals surface area contributed by atoms with Crippen LogP contribution in [-0.4, -0.2) is 39.2 Å². The maximum atomic E-state index is 13.4. The van der Waals surface area contributed by atoms with Gasteiger partial charge in [-0.1, -0.05) is 6.07 Å². The highest BCUT2D eigenvalue weighted by Crippen LogP contribution is 2.39. The van der Waals surface area contributed by atoms with Crippen LogP contribution in [-0.2, 0) is 9.53 Å². The molecule has 8 heteroatoms. The summed E-state index contributed by atoms with van der Waals surface area (Å²) < 4.78 is 20.2. The number of carbonyl (C=O) groups is 1. The molecule has 154 valence electrons. The Morgan fingerprint density at radius 3 is 2.70 bits per heavy atom. The summed E-state index contributed by atoms with van der Waals surface area (Å²) in [4.78, 5) is 18.3. The summed E-state index contributed by atoms with van der Waals surface area (Å²) in [6.45, 7) is 0.404. The fourth-order valence-electron chi connectivity index (χ4n) is 3.75. The van der Waals surface area contributed by atoms with Crippen molar-refractivity contribution in [1.29, 1.82) is 0 Å². The summed E-state index contributed by atoms with van der Waals surface area (Å²) in [5, 5.41) is 3.91. The van der Waals surface area contributed by atoms with Gasteiger partial charge < -0.3 is 19.5 Å². The molecule has 2 atom stereocenters.